The van der Waals surface area contributed by atoms with Crippen LogP contribution < -0.4 is 20.7 Å². The van der Waals surface area contributed by atoms with Gasteiger partial charge in [0.05, 0.1) is 0 Å². The van der Waals surface area contributed by atoms with E-state index in [9.17, 15) is 14.9 Å². The molecule has 22 heavy (non-hydrogen) atoms. The quantitative estimate of drug-likeness (QED) is 0.569. The third-order valence-electron chi connectivity index (χ3n) is 3.82. The van der Waals surface area contributed by atoms with Crippen molar-refractivity contribution in [2.24, 2.45) is 5.73 Å². The normalized spacial score (nSPS) is 21.7. The standard InChI is InChI=1S/C12H21N5O5/c1-11(2)5-7(6-12(3,4)17(11)20)14-21-10-8(9(13)18)16(19)22-15-10/h7,14,20H,5-6H2,1-4H3,(H2-,13,15,18,19)/p+1. The predicted molar refractivity (Wildman–Crippen MR) is 73.5 cm³/mol. The molecule has 0 radical (unpaired) electrons. The Morgan fingerprint density at radius 3 is 2.50 bits per heavy atom. The van der Waals surface area contributed by atoms with Crippen molar-refractivity contribution >= 4 is 5.91 Å². The minimum Gasteiger partial charge on any atom is -0.362 e. The second kappa shape index (κ2) is 5.38. The fourth-order valence-corrected chi connectivity index (χ4v) is 3.03. The number of hydrogen-bond donors (Lipinski definition) is 4. The average molecular weight is 316 g/mol. The van der Waals surface area contributed by atoms with Crippen LogP contribution in [0.5, 0.6) is 5.88 Å². The molecular formula is C12H22N5O5+. The van der Waals surface area contributed by atoms with Crippen molar-refractivity contribution in [1.82, 2.24) is 15.7 Å². The number of aromatic nitrogens is 2. The number of piperidine rings is 1. The lowest BCUT2D eigenvalue weighted by molar-refractivity contribution is -0.714. The van der Waals surface area contributed by atoms with E-state index in [1.165, 1.54) is 5.06 Å². The number of H-pyrrole nitrogens is 1. The van der Waals surface area contributed by atoms with E-state index in [4.69, 9.17) is 10.6 Å². The summed E-state index contributed by atoms with van der Waals surface area (Å²) in [6.07, 6.45) is 1.18. The molecule has 1 aliphatic rings. The SMILES string of the molecule is CC1(C)CC(NOc2[nH]o[n+](=O)c2C(N)=O)CC(C)(C)N1O. The third-order valence-corrected chi connectivity index (χ3v) is 3.82. The van der Waals surface area contributed by atoms with Crippen LogP contribution in [0.15, 0.2) is 4.63 Å². The maximum atomic E-state index is 11.3. The summed E-state index contributed by atoms with van der Waals surface area (Å²) in [4.78, 5) is 27.7. The molecule has 124 valence electrons. The van der Waals surface area contributed by atoms with Gasteiger partial charge in [-0.1, -0.05) is 4.63 Å². The molecule has 0 saturated carbocycles. The number of amides is 1. The van der Waals surface area contributed by atoms with Gasteiger partial charge in [0, 0.05) is 17.1 Å². The first-order valence-electron chi connectivity index (χ1n) is 6.90. The van der Waals surface area contributed by atoms with Crippen molar-refractivity contribution in [3.63, 3.8) is 0 Å². The number of nitrogens with zero attached hydrogens (tertiary/aromatic N) is 2. The second-order valence-electron chi connectivity index (χ2n) is 6.75. The zero-order chi connectivity index (χ0) is 16.7. The molecular weight excluding hydrogens is 294 g/mol. The first-order valence-corrected chi connectivity index (χ1v) is 6.90. The first kappa shape index (κ1) is 16.5. The molecule has 0 bridgehead atoms. The maximum Gasteiger partial charge on any atom is 0.400 e. The van der Waals surface area contributed by atoms with Crippen molar-refractivity contribution in [2.75, 3.05) is 0 Å². The second-order valence-corrected chi connectivity index (χ2v) is 6.75. The Bertz CT molecular complexity index is 602. The molecule has 0 atom stereocenters. The van der Waals surface area contributed by atoms with Crippen LogP contribution in [0.1, 0.15) is 51.0 Å². The number of rotatable bonds is 4. The molecule has 10 heteroatoms. The third kappa shape index (κ3) is 2.98. The molecule has 2 rings (SSSR count). The number of primary amides is 1. The first-order chi connectivity index (χ1) is 10.0. The van der Waals surface area contributed by atoms with E-state index < -0.39 is 22.7 Å². The summed E-state index contributed by atoms with van der Waals surface area (Å²) in [5.41, 5.74) is 6.49. The van der Waals surface area contributed by atoms with Gasteiger partial charge in [0.1, 0.15) is 0 Å². The van der Waals surface area contributed by atoms with Gasteiger partial charge in [-0.15, -0.1) is 5.48 Å². The van der Waals surface area contributed by atoms with Crippen molar-refractivity contribution in [3.05, 3.63) is 10.6 Å². The van der Waals surface area contributed by atoms with Gasteiger partial charge in [-0.25, -0.2) is 0 Å². The Hall–Kier alpha value is -1.91. The Kier molecular flexibility index (Phi) is 4.02. The van der Waals surface area contributed by atoms with Crippen molar-refractivity contribution in [3.8, 4) is 5.88 Å². The molecule has 0 aliphatic carbocycles. The van der Waals surface area contributed by atoms with Crippen LogP contribution in [0.3, 0.4) is 0 Å². The van der Waals surface area contributed by atoms with Crippen LogP contribution in [0.25, 0.3) is 0 Å². The lowest BCUT2D eigenvalue weighted by Crippen LogP contribution is -2.62. The molecule has 5 N–H and O–H groups in total. The minimum absolute atomic E-state index is 0.0520. The fraction of sp³-hybridized carbons (Fsp3) is 0.750. The molecule has 2 heterocycles. The van der Waals surface area contributed by atoms with Crippen molar-refractivity contribution in [1.29, 1.82) is 0 Å². The summed E-state index contributed by atoms with van der Waals surface area (Å²) >= 11 is 0. The Morgan fingerprint density at radius 2 is 2.00 bits per heavy atom. The van der Waals surface area contributed by atoms with Crippen LogP contribution in [0.4, 0.5) is 0 Å². The average Bonchev–Trinajstić information content (AvgIpc) is 2.74. The Labute approximate surface area is 126 Å². The minimum atomic E-state index is -0.970. The van der Waals surface area contributed by atoms with Gasteiger partial charge >= 0.3 is 17.5 Å². The molecule has 0 aromatic carbocycles. The van der Waals surface area contributed by atoms with E-state index in [-0.39, 0.29) is 16.5 Å². The summed E-state index contributed by atoms with van der Waals surface area (Å²) in [5.74, 6) is -1.16. The van der Waals surface area contributed by atoms with Gasteiger partial charge < -0.3 is 15.8 Å². The number of carbonyl (C=O) groups excluding carboxylic acids is 1. The van der Waals surface area contributed by atoms with Gasteiger partial charge in [0.2, 0.25) is 0 Å². The van der Waals surface area contributed by atoms with Crippen LogP contribution >= 0.6 is 0 Å². The van der Waals surface area contributed by atoms with Gasteiger partial charge in [0.25, 0.3) is 0 Å². The topological polar surface area (TPSA) is 140 Å². The van der Waals surface area contributed by atoms with Gasteiger partial charge in [-0.05, 0) is 50.6 Å². The maximum absolute atomic E-state index is 11.3. The highest BCUT2D eigenvalue weighted by atomic mass is 16.7. The zero-order valence-electron chi connectivity index (χ0n) is 13.0. The van der Waals surface area contributed by atoms with Gasteiger partial charge in [0.15, 0.2) is 4.60 Å². The summed E-state index contributed by atoms with van der Waals surface area (Å²) in [5, 5.41) is 13.7. The monoisotopic (exact) mass is 316 g/mol. The van der Waals surface area contributed by atoms with Crippen molar-refractivity contribution in [2.45, 2.75) is 57.7 Å². The molecule has 1 fully saturated rings. The number of nitrogens with one attached hydrogen (secondary N) is 2. The van der Waals surface area contributed by atoms with E-state index in [1.54, 1.807) is 0 Å². The summed E-state index contributed by atoms with van der Waals surface area (Å²) < 4.78 is 4.37. The lowest BCUT2D eigenvalue weighted by Gasteiger charge is -2.51. The molecule has 0 unspecified atom stereocenters. The van der Waals surface area contributed by atoms with Crippen LogP contribution in [-0.2, 0) is 0 Å². The fourth-order valence-electron chi connectivity index (χ4n) is 3.03. The molecule has 1 aliphatic heterocycles. The van der Waals surface area contributed by atoms with Crippen LogP contribution in [-0.4, -0.2) is 38.5 Å². The zero-order valence-corrected chi connectivity index (χ0v) is 13.0. The number of hydrogen-bond acceptors (Lipinski definition) is 7. The lowest BCUT2D eigenvalue weighted by atomic mass is 9.79. The van der Waals surface area contributed by atoms with Crippen molar-refractivity contribution < 1.29 is 24.1 Å². The molecule has 10 nitrogen and oxygen atoms in total. The molecule has 1 saturated heterocycles. The van der Waals surface area contributed by atoms with E-state index in [0.29, 0.717) is 12.8 Å². The van der Waals surface area contributed by atoms with Crippen LogP contribution in [0.2, 0.25) is 0 Å². The molecule has 1 amide bonds. The smallest absolute Gasteiger partial charge is 0.362 e. The summed E-state index contributed by atoms with van der Waals surface area (Å²) in [6.45, 7) is 7.64. The Balaban J connectivity index is 2.10. The van der Waals surface area contributed by atoms with E-state index >= 15 is 0 Å². The number of aromatic amines is 1. The highest BCUT2D eigenvalue weighted by Crippen LogP contribution is 2.36. The van der Waals surface area contributed by atoms with E-state index in [1.807, 2.05) is 27.7 Å². The number of nitrogens with two attached hydrogens (primary N) is 1. The molecule has 1 aromatic rings. The Morgan fingerprint density at radius 1 is 1.45 bits per heavy atom. The summed E-state index contributed by atoms with van der Waals surface area (Å²) in [6, 6.07) is -0.113. The number of carbonyl (C=O) groups is 1. The van der Waals surface area contributed by atoms with Gasteiger partial charge in [-0.2, -0.15) is 5.06 Å². The van der Waals surface area contributed by atoms with E-state index in [0.717, 1.165) is 0 Å². The largest absolute Gasteiger partial charge is 0.400 e. The van der Waals surface area contributed by atoms with Crippen LogP contribution in [0, 0.1) is 4.91 Å². The molecule has 0 spiro atoms. The number of hydroxylamine groups is 3. The highest BCUT2D eigenvalue weighted by molar-refractivity contribution is 5.91. The van der Waals surface area contributed by atoms with E-state index in [2.05, 4.69) is 15.3 Å². The highest BCUT2D eigenvalue weighted by Gasteiger charge is 2.45. The van der Waals surface area contributed by atoms with Gasteiger partial charge in [-0.3, -0.25) is 4.79 Å². The molecule has 1 aromatic heterocycles. The predicted octanol–water partition coefficient (Wildman–Crippen LogP) is -0.0847. The summed E-state index contributed by atoms with van der Waals surface area (Å²) in [7, 11) is 0.